The summed E-state index contributed by atoms with van der Waals surface area (Å²) in [5, 5.41) is 14.7. The van der Waals surface area contributed by atoms with E-state index in [4.69, 9.17) is 0 Å². The standard InChI is InChI=1S/C13H24N2O2/c1-13(2,3)11-10-8-14-6-4-9(10)5-7-15(11)12(16)17/h9-11,14H,4-8H2,1-3H3,(H,16,17)/p-1. The molecule has 0 aliphatic carbocycles. The van der Waals surface area contributed by atoms with Gasteiger partial charge in [0.25, 0.3) is 0 Å². The number of carbonyl (C=O) groups is 1. The van der Waals surface area contributed by atoms with Gasteiger partial charge in [-0.2, -0.15) is 0 Å². The largest absolute Gasteiger partial charge is 0.530 e. The van der Waals surface area contributed by atoms with Crippen LogP contribution in [0.2, 0.25) is 0 Å². The Labute approximate surface area is 103 Å². The van der Waals surface area contributed by atoms with Crippen molar-refractivity contribution in [3.05, 3.63) is 0 Å². The van der Waals surface area contributed by atoms with Gasteiger partial charge < -0.3 is 20.1 Å². The van der Waals surface area contributed by atoms with E-state index < -0.39 is 6.09 Å². The first-order valence-corrected chi connectivity index (χ1v) is 6.59. The van der Waals surface area contributed by atoms with E-state index in [0.29, 0.717) is 18.4 Å². The summed E-state index contributed by atoms with van der Waals surface area (Å²) in [4.78, 5) is 12.8. The molecule has 0 radical (unpaired) electrons. The second kappa shape index (κ2) is 4.48. The number of rotatable bonds is 0. The summed E-state index contributed by atoms with van der Waals surface area (Å²) in [6, 6.07) is 0.0825. The molecule has 17 heavy (non-hydrogen) atoms. The molecule has 2 aliphatic heterocycles. The predicted octanol–water partition coefficient (Wildman–Crippen LogP) is 0.676. The Kier molecular flexibility index (Phi) is 3.34. The minimum absolute atomic E-state index is 0.0254. The molecule has 2 saturated heterocycles. The topological polar surface area (TPSA) is 55.4 Å². The smallest absolute Gasteiger partial charge is 0.137 e. The zero-order valence-electron chi connectivity index (χ0n) is 11.0. The number of piperidine rings is 2. The third kappa shape index (κ3) is 2.41. The molecule has 0 aromatic carbocycles. The second-order valence-corrected chi connectivity index (χ2v) is 6.48. The normalized spacial score (nSPS) is 34.3. The molecule has 2 aliphatic rings. The molecular formula is C13H23N2O2-. The van der Waals surface area contributed by atoms with Crippen LogP contribution in [0.5, 0.6) is 0 Å². The van der Waals surface area contributed by atoms with Crippen LogP contribution in [0.4, 0.5) is 4.79 Å². The first kappa shape index (κ1) is 12.7. The van der Waals surface area contributed by atoms with Crippen LogP contribution in [-0.4, -0.2) is 36.7 Å². The Balaban J connectivity index is 2.25. The van der Waals surface area contributed by atoms with E-state index in [0.717, 1.165) is 19.5 Å². The molecule has 0 spiro atoms. The highest BCUT2D eigenvalue weighted by Crippen LogP contribution is 2.40. The Morgan fingerprint density at radius 3 is 2.65 bits per heavy atom. The van der Waals surface area contributed by atoms with Crippen molar-refractivity contribution in [1.82, 2.24) is 10.2 Å². The highest BCUT2D eigenvalue weighted by molar-refractivity contribution is 5.63. The van der Waals surface area contributed by atoms with Gasteiger partial charge in [-0.25, -0.2) is 0 Å². The Bertz CT molecular complexity index is 298. The van der Waals surface area contributed by atoms with Crippen LogP contribution >= 0.6 is 0 Å². The minimum atomic E-state index is -1.01. The molecule has 3 atom stereocenters. The predicted molar refractivity (Wildman–Crippen MR) is 64.4 cm³/mol. The maximum atomic E-state index is 11.3. The molecule has 0 bridgehead atoms. The Morgan fingerprint density at radius 1 is 1.35 bits per heavy atom. The lowest BCUT2D eigenvalue weighted by molar-refractivity contribution is -0.274. The number of hydrogen-bond acceptors (Lipinski definition) is 3. The lowest BCUT2D eigenvalue weighted by Crippen LogP contribution is -2.63. The van der Waals surface area contributed by atoms with Gasteiger partial charge >= 0.3 is 0 Å². The van der Waals surface area contributed by atoms with E-state index >= 15 is 0 Å². The fourth-order valence-electron chi connectivity index (χ4n) is 3.65. The van der Waals surface area contributed by atoms with E-state index in [2.05, 4.69) is 26.1 Å². The zero-order chi connectivity index (χ0) is 12.6. The van der Waals surface area contributed by atoms with Crippen LogP contribution in [0.15, 0.2) is 0 Å². The summed E-state index contributed by atoms with van der Waals surface area (Å²) in [5.41, 5.74) is -0.0254. The third-order valence-electron chi connectivity index (χ3n) is 4.28. The van der Waals surface area contributed by atoms with Crippen LogP contribution < -0.4 is 10.4 Å². The SMILES string of the molecule is CC(C)(C)C1C2CNCCC2CCN1C(=O)[O-]. The Hall–Kier alpha value is -0.770. The lowest BCUT2D eigenvalue weighted by Gasteiger charge is -2.53. The summed E-state index contributed by atoms with van der Waals surface area (Å²) in [7, 11) is 0. The van der Waals surface area contributed by atoms with Gasteiger partial charge in [0, 0.05) is 19.1 Å². The molecule has 4 heteroatoms. The number of carboxylic acid groups (broad SMARTS) is 1. The Morgan fingerprint density at radius 2 is 2.06 bits per heavy atom. The number of carbonyl (C=O) groups excluding carboxylic acids is 1. The van der Waals surface area contributed by atoms with Gasteiger partial charge in [0.05, 0.1) is 0 Å². The number of nitrogens with one attached hydrogen (secondary N) is 1. The summed E-state index contributed by atoms with van der Waals surface area (Å²) >= 11 is 0. The van der Waals surface area contributed by atoms with Gasteiger partial charge in [-0.3, -0.25) is 0 Å². The molecule has 1 amide bonds. The number of nitrogens with zero attached hydrogens (tertiary/aromatic N) is 1. The molecular weight excluding hydrogens is 216 g/mol. The van der Waals surface area contributed by atoms with E-state index in [1.54, 1.807) is 4.90 Å². The number of fused-ring (bicyclic) bond motifs is 1. The third-order valence-corrected chi connectivity index (χ3v) is 4.28. The first-order valence-electron chi connectivity index (χ1n) is 6.59. The highest BCUT2D eigenvalue weighted by Gasteiger charge is 2.44. The van der Waals surface area contributed by atoms with Crippen molar-refractivity contribution in [3.63, 3.8) is 0 Å². The van der Waals surface area contributed by atoms with Crippen molar-refractivity contribution in [3.8, 4) is 0 Å². The minimum Gasteiger partial charge on any atom is -0.530 e. The van der Waals surface area contributed by atoms with Gasteiger partial charge in [-0.15, -0.1) is 0 Å². The lowest BCUT2D eigenvalue weighted by atomic mass is 9.67. The fourth-order valence-corrected chi connectivity index (χ4v) is 3.65. The maximum Gasteiger partial charge on any atom is 0.137 e. The summed E-state index contributed by atoms with van der Waals surface area (Å²) in [5.74, 6) is 1.12. The van der Waals surface area contributed by atoms with E-state index in [1.807, 2.05) is 0 Å². The molecule has 0 aromatic rings. The monoisotopic (exact) mass is 239 g/mol. The first-order chi connectivity index (χ1) is 7.91. The summed E-state index contributed by atoms with van der Waals surface area (Å²) < 4.78 is 0. The van der Waals surface area contributed by atoms with Crippen molar-refractivity contribution in [2.45, 2.75) is 39.7 Å². The fraction of sp³-hybridized carbons (Fsp3) is 0.923. The van der Waals surface area contributed by atoms with E-state index in [9.17, 15) is 9.90 Å². The number of amides is 1. The van der Waals surface area contributed by atoms with Gasteiger partial charge in [-0.05, 0) is 36.6 Å². The molecule has 0 aromatic heterocycles. The molecule has 2 heterocycles. The molecule has 2 fully saturated rings. The van der Waals surface area contributed by atoms with Crippen LogP contribution in [-0.2, 0) is 0 Å². The molecule has 98 valence electrons. The van der Waals surface area contributed by atoms with Gasteiger partial charge in [-0.1, -0.05) is 20.8 Å². The van der Waals surface area contributed by atoms with Gasteiger partial charge in [0.15, 0.2) is 0 Å². The van der Waals surface area contributed by atoms with Crippen LogP contribution in [0, 0.1) is 17.3 Å². The van der Waals surface area contributed by atoms with Crippen LogP contribution in [0.3, 0.4) is 0 Å². The van der Waals surface area contributed by atoms with E-state index in [1.165, 1.54) is 6.42 Å². The average Bonchev–Trinajstić information content (AvgIpc) is 2.26. The van der Waals surface area contributed by atoms with Crippen molar-refractivity contribution in [1.29, 1.82) is 0 Å². The highest BCUT2D eigenvalue weighted by atomic mass is 16.4. The summed E-state index contributed by atoms with van der Waals surface area (Å²) in [6.45, 7) is 9.05. The molecule has 1 N–H and O–H groups in total. The van der Waals surface area contributed by atoms with Crippen LogP contribution in [0.25, 0.3) is 0 Å². The summed E-state index contributed by atoms with van der Waals surface area (Å²) in [6.07, 6.45) is 1.17. The molecule has 0 saturated carbocycles. The van der Waals surface area contributed by atoms with Crippen molar-refractivity contribution in [2.24, 2.45) is 17.3 Å². The van der Waals surface area contributed by atoms with Crippen LogP contribution in [0.1, 0.15) is 33.6 Å². The second-order valence-electron chi connectivity index (χ2n) is 6.48. The van der Waals surface area contributed by atoms with E-state index in [-0.39, 0.29) is 11.5 Å². The average molecular weight is 239 g/mol. The van der Waals surface area contributed by atoms with Crippen molar-refractivity contribution < 1.29 is 9.90 Å². The van der Waals surface area contributed by atoms with Gasteiger partial charge in [0.2, 0.25) is 0 Å². The van der Waals surface area contributed by atoms with Gasteiger partial charge in [0.1, 0.15) is 6.09 Å². The van der Waals surface area contributed by atoms with Crippen molar-refractivity contribution in [2.75, 3.05) is 19.6 Å². The maximum absolute atomic E-state index is 11.3. The zero-order valence-corrected chi connectivity index (χ0v) is 11.0. The molecule has 2 rings (SSSR count). The van der Waals surface area contributed by atoms with Crippen molar-refractivity contribution >= 4 is 6.09 Å². The number of likely N-dealkylation sites (tertiary alicyclic amines) is 1. The molecule has 3 unspecified atom stereocenters. The quantitative estimate of drug-likeness (QED) is 0.676. The number of hydrogen-bond donors (Lipinski definition) is 1. The molecule has 4 nitrogen and oxygen atoms in total.